The maximum absolute atomic E-state index is 13.9. The zero-order valence-corrected chi connectivity index (χ0v) is 13.3. The maximum Gasteiger partial charge on any atom is 0.133 e. The highest BCUT2D eigenvalue weighted by molar-refractivity contribution is 9.10. The summed E-state index contributed by atoms with van der Waals surface area (Å²) < 4.78 is 14.7. The summed E-state index contributed by atoms with van der Waals surface area (Å²) in [7, 11) is 0. The molecule has 2 aromatic rings. The van der Waals surface area contributed by atoms with E-state index in [1.54, 1.807) is 12.1 Å². The molecule has 0 saturated carbocycles. The molecule has 2 N–H and O–H groups in total. The molecule has 0 bridgehead atoms. The quantitative estimate of drug-likeness (QED) is 0.895. The Kier molecular flexibility index (Phi) is 4.71. The van der Waals surface area contributed by atoms with Gasteiger partial charge >= 0.3 is 0 Å². The van der Waals surface area contributed by atoms with E-state index in [1.807, 2.05) is 0 Å². The maximum atomic E-state index is 13.9. The van der Waals surface area contributed by atoms with E-state index in [0.717, 1.165) is 21.5 Å². The van der Waals surface area contributed by atoms with Crippen LogP contribution in [0.3, 0.4) is 0 Å². The van der Waals surface area contributed by atoms with E-state index in [9.17, 15) is 4.39 Å². The molecule has 2 rings (SSSR count). The van der Waals surface area contributed by atoms with Crippen molar-refractivity contribution in [2.75, 3.05) is 0 Å². The van der Waals surface area contributed by atoms with Crippen LogP contribution in [0.25, 0.3) is 10.6 Å². The first-order valence-corrected chi connectivity index (χ1v) is 7.76. The average molecular weight is 343 g/mol. The third-order valence-corrected chi connectivity index (χ3v) is 4.37. The topological polar surface area (TPSA) is 38.9 Å². The highest BCUT2D eigenvalue weighted by atomic mass is 79.9. The second-order valence-corrected chi connectivity index (χ2v) is 6.81. The van der Waals surface area contributed by atoms with E-state index in [4.69, 9.17) is 5.73 Å². The van der Waals surface area contributed by atoms with E-state index in [1.165, 1.54) is 17.4 Å². The van der Waals surface area contributed by atoms with Gasteiger partial charge in [-0.1, -0.05) is 29.8 Å². The molecule has 0 aliphatic rings. The largest absolute Gasteiger partial charge is 0.326 e. The molecule has 0 aliphatic carbocycles. The molecular formula is C14H16BrFN2S. The van der Waals surface area contributed by atoms with Crippen LogP contribution in [0.4, 0.5) is 4.39 Å². The third kappa shape index (κ3) is 3.41. The summed E-state index contributed by atoms with van der Waals surface area (Å²) in [6.45, 7) is 4.73. The first-order valence-electron chi connectivity index (χ1n) is 6.15. The lowest BCUT2D eigenvalue weighted by molar-refractivity contribution is 0.628. The fourth-order valence-electron chi connectivity index (χ4n) is 1.87. The van der Waals surface area contributed by atoms with Crippen molar-refractivity contribution in [1.29, 1.82) is 0 Å². The van der Waals surface area contributed by atoms with Crippen molar-refractivity contribution in [3.63, 3.8) is 0 Å². The predicted molar refractivity (Wildman–Crippen MR) is 81.6 cm³/mol. The number of aromatic nitrogens is 1. The number of thiazole rings is 1. The fraction of sp³-hybridized carbons (Fsp3) is 0.357. The van der Waals surface area contributed by atoms with Gasteiger partial charge in [0.25, 0.3) is 0 Å². The second kappa shape index (κ2) is 6.11. The number of nitrogens with zero attached hydrogens (tertiary/aromatic N) is 1. The highest BCUT2D eigenvalue weighted by Gasteiger charge is 2.15. The van der Waals surface area contributed by atoms with Gasteiger partial charge in [0.2, 0.25) is 0 Å². The Morgan fingerprint density at radius 3 is 2.79 bits per heavy atom. The number of hydrogen-bond acceptors (Lipinski definition) is 3. The van der Waals surface area contributed by atoms with E-state index in [-0.39, 0.29) is 5.82 Å². The van der Waals surface area contributed by atoms with Crippen LogP contribution in [0.5, 0.6) is 0 Å². The summed E-state index contributed by atoms with van der Waals surface area (Å²) in [5.74, 6) is 0.254. The summed E-state index contributed by atoms with van der Waals surface area (Å²) in [5.41, 5.74) is 7.28. The van der Waals surface area contributed by atoms with Gasteiger partial charge in [-0.05, 0) is 30.5 Å². The Morgan fingerprint density at radius 1 is 1.42 bits per heavy atom. The van der Waals surface area contributed by atoms with Crippen molar-refractivity contribution in [3.8, 4) is 10.6 Å². The molecule has 0 saturated heterocycles. The fourth-order valence-corrected chi connectivity index (χ4v) is 3.21. The Labute approximate surface area is 125 Å². The Bertz CT molecular complexity index is 581. The summed E-state index contributed by atoms with van der Waals surface area (Å²) in [6.07, 6.45) is 0.874. The summed E-state index contributed by atoms with van der Waals surface area (Å²) in [4.78, 5) is 5.62. The second-order valence-electron chi connectivity index (χ2n) is 4.82. The van der Waals surface area contributed by atoms with Crippen LogP contribution < -0.4 is 5.73 Å². The molecule has 0 aliphatic heterocycles. The van der Waals surface area contributed by atoms with Crippen molar-refractivity contribution < 1.29 is 4.39 Å². The van der Waals surface area contributed by atoms with Crippen molar-refractivity contribution in [2.45, 2.75) is 26.8 Å². The lowest BCUT2D eigenvalue weighted by Crippen LogP contribution is -2.02. The van der Waals surface area contributed by atoms with Gasteiger partial charge in [0, 0.05) is 21.5 Å². The van der Waals surface area contributed by atoms with Crippen molar-refractivity contribution in [2.24, 2.45) is 11.7 Å². The Balaban J connectivity index is 2.45. The van der Waals surface area contributed by atoms with Gasteiger partial charge in [0.05, 0.1) is 5.69 Å². The molecule has 0 amide bonds. The van der Waals surface area contributed by atoms with Gasteiger partial charge < -0.3 is 5.73 Å². The zero-order chi connectivity index (χ0) is 14.0. The van der Waals surface area contributed by atoms with E-state index in [0.29, 0.717) is 23.0 Å². The number of nitrogens with two attached hydrogens (primary N) is 1. The van der Waals surface area contributed by atoms with Gasteiger partial charge in [0.1, 0.15) is 10.8 Å². The normalized spacial score (nSPS) is 11.3. The number of benzene rings is 1. The van der Waals surface area contributed by atoms with Crippen LogP contribution in [-0.4, -0.2) is 4.98 Å². The molecule has 2 nitrogen and oxygen atoms in total. The minimum Gasteiger partial charge on any atom is -0.326 e. The molecule has 0 spiro atoms. The molecule has 102 valence electrons. The van der Waals surface area contributed by atoms with E-state index >= 15 is 0 Å². The molecule has 0 radical (unpaired) electrons. The molecule has 1 aromatic carbocycles. The van der Waals surface area contributed by atoms with Crippen LogP contribution in [0.2, 0.25) is 0 Å². The number of hydrogen-bond donors (Lipinski definition) is 1. The van der Waals surface area contributed by atoms with Gasteiger partial charge in [-0.25, -0.2) is 9.37 Å². The van der Waals surface area contributed by atoms with Gasteiger partial charge in [-0.2, -0.15) is 0 Å². The SMILES string of the molecule is CC(C)Cc1nc(-c2cc(Br)ccc2F)sc1CN. The molecule has 1 heterocycles. The van der Waals surface area contributed by atoms with Crippen LogP contribution in [-0.2, 0) is 13.0 Å². The van der Waals surface area contributed by atoms with Crippen LogP contribution in [0.15, 0.2) is 22.7 Å². The van der Waals surface area contributed by atoms with Crippen molar-refractivity contribution >= 4 is 27.3 Å². The monoisotopic (exact) mass is 342 g/mol. The standard InChI is InChI=1S/C14H16BrFN2S/c1-8(2)5-12-13(7-17)19-14(18-12)10-6-9(15)3-4-11(10)16/h3-4,6,8H,5,7,17H2,1-2H3. The van der Waals surface area contributed by atoms with Crippen molar-refractivity contribution in [1.82, 2.24) is 4.98 Å². The van der Waals surface area contributed by atoms with E-state index < -0.39 is 0 Å². The lowest BCUT2D eigenvalue weighted by Gasteiger charge is -2.02. The molecule has 0 atom stereocenters. The third-order valence-electron chi connectivity index (χ3n) is 2.72. The molecular weight excluding hydrogens is 327 g/mol. The zero-order valence-electron chi connectivity index (χ0n) is 10.9. The smallest absolute Gasteiger partial charge is 0.133 e. The molecule has 19 heavy (non-hydrogen) atoms. The van der Waals surface area contributed by atoms with Gasteiger partial charge in [-0.15, -0.1) is 11.3 Å². The summed E-state index contributed by atoms with van der Waals surface area (Å²) >= 11 is 4.84. The molecule has 5 heteroatoms. The van der Waals surface area contributed by atoms with Crippen LogP contribution >= 0.6 is 27.3 Å². The highest BCUT2D eigenvalue weighted by Crippen LogP contribution is 2.32. The van der Waals surface area contributed by atoms with Gasteiger partial charge in [-0.3, -0.25) is 0 Å². The number of rotatable bonds is 4. The van der Waals surface area contributed by atoms with Crippen molar-refractivity contribution in [3.05, 3.63) is 39.1 Å². The summed E-state index contributed by atoms with van der Waals surface area (Å²) in [6, 6.07) is 4.89. The van der Waals surface area contributed by atoms with Crippen LogP contribution in [0, 0.1) is 11.7 Å². The minimum absolute atomic E-state index is 0.253. The van der Waals surface area contributed by atoms with Gasteiger partial charge in [0.15, 0.2) is 0 Å². The number of halogens is 2. The minimum atomic E-state index is -0.253. The average Bonchev–Trinajstić information content (AvgIpc) is 2.74. The Morgan fingerprint density at radius 2 is 2.16 bits per heavy atom. The molecule has 1 aromatic heterocycles. The molecule has 0 unspecified atom stereocenters. The van der Waals surface area contributed by atoms with Crippen LogP contribution in [0.1, 0.15) is 24.4 Å². The first-order chi connectivity index (χ1) is 9.01. The lowest BCUT2D eigenvalue weighted by atomic mass is 10.1. The Hall–Kier alpha value is -0.780. The summed E-state index contributed by atoms with van der Waals surface area (Å²) in [5, 5.41) is 0.704. The first kappa shape index (κ1) is 14.6. The molecule has 0 fully saturated rings. The van der Waals surface area contributed by atoms with E-state index in [2.05, 4.69) is 34.8 Å². The predicted octanol–water partition coefficient (Wildman–Crippen LogP) is 4.37.